The summed E-state index contributed by atoms with van der Waals surface area (Å²) >= 11 is 0. The summed E-state index contributed by atoms with van der Waals surface area (Å²) in [6.45, 7) is 2.02. The fourth-order valence-electron chi connectivity index (χ4n) is 2.47. The third-order valence-electron chi connectivity index (χ3n) is 3.67. The Labute approximate surface area is 119 Å². The van der Waals surface area contributed by atoms with Crippen molar-refractivity contribution in [3.8, 4) is 5.75 Å². The van der Waals surface area contributed by atoms with E-state index in [4.69, 9.17) is 10.5 Å². The van der Waals surface area contributed by atoms with Crippen molar-refractivity contribution >= 4 is 15.7 Å². The largest absolute Gasteiger partial charge is 0.495 e. The molecule has 1 heterocycles. The lowest BCUT2D eigenvalue weighted by Crippen LogP contribution is -2.37. The first kappa shape index (κ1) is 15.1. The zero-order valence-corrected chi connectivity index (χ0v) is 12.5. The number of methoxy groups -OCH3 is 1. The highest BCUT2D eigenvalue weighted by Gasteiger charge is 2.36. The highest BCUT2D eigenvalue weighted by molar-refractivity contribution is 7.89. The van der Waals surface area contributed by atoms with Crippen LogP contribution in [-0.2, 0) is 10.0 Å². The average Bonchev–Trinajstić information content (AvgIpc) is 2.90. The van der Waals surface area contributed by atoms with Gasteiger partial charge in [-0.05, 0) is 37.5 Å². The van der Waals surface area contributed by atoms with Gasteiger partial charge in [-0.25, -0.2) is 8.42 Å². The van der Waals surface area contributed by atoms with Crippen molar-refractivity contribution < 1.29 is 18.3 Å². The molecular weight excluding hydrogens is 280 g/mol. The van der Waals surface area contributed by atoms with E-state index >= 15 is 0 Å². The minimum Gasteiger partial charge on any atom is -0.495 e. The van der Waals surface area contributed by atoms with Gasteiger partial charge in [-0.15, -0.1) is 0 Å². The van der Waals surface area contributed by atoms with E-state index in [2.05, 4.69) is 0 Å². The quantitative estimate of drug-likeness (QED) is 0.800. The second-order valence-electron chi connectivity index (χ2n) is 4.95. The van der Waals surface area contributed by atoms with E-state index in [0.717, 1.165) is 12.0 Å². The highest BCUT2D eigenvalue weighted by Crippen LogP contribution is 2.34. The maximum absolute atomic E-state index is 12.7. The lowest BCUT2D eigenvalue weighted by molar-refractivity contribution is 0.213. The van der Waals surface area contributed by atoms with E-state index in [9.17, 15) is 13.5 Å². The molecule has 1 aromatic carbocycles. The summed E-state index contributed by atoms with van der Waals surface area (Å²) < 4.78 is 32.0. The number of rotatable bonds is 4. The first-order valence-corrected chi connectivity index (χ1v) is 7.92. The van der Waals surface area contributed by atoms with Crippen LogP contribution >= 0.6 is 0 Å². The summed E-state index contributed by atoms with van der Waals surface area (Å²) in [4.78, 5) is 0.0587. The highest BCUT2D eigenvalue weighted by atomic mass is 32.2. The van der Waals surface area contributed by atoms with Gasteiger partial charge in [-0.1, -0.05) is 0 Å². The predicted octanol–water partition coefficient (Wildman–Crippen LogP) is 0.731. The molecule has 1 saturated heterocycles. The Balaban J connectivity index is 2.51. The molecule has 0 bridgehead atoms. The van der Waals surface area contributed by atoms with Gasteiger partial charge in [0.15, 0.2) is 0 Å². The molecule has 0 aromatic heterocycles. The first-order valence-electron chi connectivity index (χ1n) is 6.48. The van der Waals surface area contributed by atoms with E-state index < -0.39 is 10.0 Å². The summed E-state index contributed by atoms with van der Waals surface area (Å²) in [6, 6.07) is 2.68. The molecule has 0 radical (unpaired) electrons. The smallest absolute Gasteiger partial charge is 0.247 e. The van der Waals surface area contributed by atoms with Gasteiger partial charge in [0, 0.05) is 18.3 Å². The molecule has 1 aromatic rings. The van der Waals surface area contributed by atoms with E-state index in [1.54, 1.807) is 13.0 Å². The number of hydrogen-bond acceptors (Lipinski definition) is 5. The van der Waals surface area contributed by atoms with Crippen LogP contribution in [0.4, 0.5) is 5.69 Å². The number of aliphatic hydroxyl groups excluding tert-OH is 1. The third kappa shape index (κ3) is 2.48. The molecular formula is C13H20N2O4S. The fourth-order valence-corrected chi connectivity index (χ4v) is 4.33. The fraction of sp³-hybridized carbons (Fsp3) is 0.538. The van der Waals surface area contributed by atoms with Crippen molar-refractivity contribution in [3.63, 3.8) is 0 Å². The molecule has 6 nitrogen and oxygen atoms in total. The van der Waals surface area contributed by atoms with Crippen molar-refractivity contribution in [1.29, 1.82) is 0 Å². The van der Waals surface area contributed by atoms with Crippen molar-refractivity contribution in [3.05, 3.63) is 17.7 Å². The van der Waals surface area contributed by atoms with Gasteiger partial charge in [-0.2, -0.15) is 4.31 Å². The number of nitrogen functional groups attached to an aromatic ring is 1. The van der Waals surface area contributed by atoms with Gasteiger partial charge in [0.25, 0.3) is 0 Å². The van der Waals surface area contributed by atoms with Crippen molar-refractivity contribution in [2.24, 2.45) is 0 Å². The van der Waals surface area contributed by atoms with E-state index in [1.165, 1.54) is 17.5 Å². The number of benzene rings is 1. The molecule has 0 amide bonds. The number of hydrogen-bond donors (Lipinski definition) is 2. The second kappa shape index (κ2) is 5.59. The Morgan fingerprint density at radius 1 is 1.50 bits per heavy atom. The molecule has 112 valence electrons. The molecule has 2 rings (SSSR count). The maximum atomic E-state index is 12.7. The first-order chi connectivity index (χ1) is 9.41. The number of ether oxygens (including phenoxy) is 1. The third-order valence-corrected chi connectivity index (χ3v) is 5.65. The molecule has 7 heteroatoms. The van der Waals surface area contributed by atoms with Crippen LogP contribution in [0.15, 0.2) is 17.0 Å². The summed E-state index contributed by atoms with van der Waals surface area (Å²) in [7, 11) is -2.29. The molecule has 0 saturated carbocycles. The number of nitrogens with zero attached hydrogens (tertiary/aromatic N) is 1. The number of aliphatic hydroxyl groups is 1. The van der Waals surface area contributed by atoms with Gasteiger partial charge >= 0.3 is 0 Å². The Morgan fingerprint density at radius 3 is 2.80 bits per heavy atom. The number of nitrogens with two attached hydrogens (primary N) is 1. The Kier molecular flexibility index (Phi) is 4.22. The number of sulfonamides is 1. The molecule has 20 heavy (non-hydrogen) atoms. The van der Waals surface area contributed by atoms with Crippen LogP contribution in [0.2, 0.25) is 0 Å². The van der Waals surface area contributed by atoms with Crippen LogP contribution < -0.4 is 10.5 Å². The molecule has 0 aliphatic carbocycles. The van der Waals surface area contributed by atoms with Crippen LogP contribution in [0.1, 0.15) is 18.4 Å². The SMILES string of the molecule is COc1cc(C)c(N)cc1S(=O)(=O)N1CCC[C@@H]1CO. The summed E-state index contributed by atoms with van der Waals surface area (Å²) in [6.07, 6.45) is 1.41. The van der Waals surface area contributed by atoms with Crippen LogP contribution in [0.3, 0.4) is 0 Å². The van der Waals surface area contributed by atoms with Crippen molar-refractivity contribution in [1.82, 2.24) is 4.31 Å². The number of aryl methyl sites for hydroxylation is 1. The minimum atomic E-state index is -3.71. The van der Waals surface area contributed by atoms with Crippen molar-refractivity contribution in [2.45, 2.75) is 30.7 Å². The van der Waals surface area contributed by atoms with Crippen LogP contribution in [0, 0.1) is 6.92 Å². The second-order valence-corrected chi connectivity index (χ2v) is 6.81. The van der Waals surface area contributed by atoms with Gasteiger partial charge in [0.05, 0.1) is 13.7 Å². The standard InChI is InChI=1S/C13H20N2O4S/c1-9-6-12(19-2)13(7-11(9)14)20(17,18)15-5-3-4-10(15)8-16/h6-7,10,16H,3-5,8,14H2,1-2H3/t10-/m1/s1. The van der Waals surface area contributed by atoms with Gasteiger partial charge in [-0.3, -0.25) is 0 Å². The molecule has 3 N–H and O–H groups in total. The molecule has 1 fully saturated rings. The van der Waals surface area contributed by atoms with Crippen LogP contribution in [-0.4, -0.2) is 44.1 Å². The van der Waals surface area contributed by atoms with Gasteiger partial charge in [0.2, 0.25) is 10.0 Å². The summed E-state index contributed by atoms with van der Waals surface area (Å²) in [5, 5.41) is 9.31. The lowest BCUT2D eigenvalue weighted by Gasteiger charge is -2.23. The van der Waals surface area contributed by atoms with E-state index in [-0.39, 0.29) is 23.3 Å². The zero-order valence-electron chi connectivity index (χ0n) is 11.7. The average molecular weight is 300 g/mol. The number of anilines is 1. The normalized spacial score (nSPS) is 20.2. The molecule has 0 spiro atoms. The maximum Gasteiger partial charge on any atom is 0.247 e. The Morgan fingerprint density at radius 2 is 2.20 bits per heavy atom. The zero-order chi connectivity index (χ0) is 14.9. The van der Waals surface area contributed by atoms with Crippen LogP contribution in [0.5, 0.6) is 5.75 Å². The van der Waals surface area contributed by atoms with Gasteiger partial charge in [0.1, 0.15) is 10.6 Å². The lowest BCUT2D eigenvalue weighted by atomic mass is 10.2. The molecule has 1 atom stereocenters. The topological polar surface area (TPSA) is 92.9 Å². The molecule has 1 aliphatic heterocycles. The minimum absolute atomic E-state index is 0.0587. The van der Waals surface area contributed by atoms with E-state index in [1.807, 2.05) is 0 Å². The summed E-state index contributed by atoms with van der Waals surface area (Å²) in [5.41, 5.74) is 6.99. The summed E-state index contributed by atoms with van der Waals surface area (Å²) in [5.74, 6) is 0.278. The Bertz CT molecular complexity index is 601. The van der Waals surface area contributed by atoms with Crippen molar-refractivity contribution in [2.75, 3.05) is 26.0 Å². The van der Waals surface area contributed by atoms with E-state index in [0.29, 0.717) is 18.7 Å². The van der Waals surface area contributed by atoms with Gasteiger partial charge < -0.3 is 15.6 Å². The van der Waals surface area contributed by atoms with Crippen LogP contribution in [0.25, 0.3) is 0 Å². The predicted molar refractivity (Wildman–Crippen MR) is 76.1 cm³/mol. The Hall–Kier alpha value is -1.31. The molecule has 1 aliphatic rings. The molecule has 0 unspecified atom stereocenters. The monoisotopic (exact) mass is 300 g/mol.